The molecule has 0 saturated carbocycles. The first-order valence-electron chi connectivity index (χ1n) is 13.0. The third-order valence-electron chi connectivity index (χ3n) is 7.12. The first-order chi connectivity index (χ1) is 18.9. The molecule has 0 radical (unpaired) electrons. The van der Waals surface area contributed by atoms with Crippen LogP contribution in [-0.4, -0.2) is 82.2 Å². The third-order valence-corrected chi connectivity index (χ3v) is 8.20. The first kappa shape index (κ1) is 26.8. The van der Waals surface area contributed by atoms with E-state index >= 15 is 0 Å². The van der Waals surface area contributed by atoms with Crippen LogP contribution in [0.25, 0.3) is 0 Å². The van der Waals surface area contributed by atoms with Gasteiger partial charge in [0.2, 0.25) is 11.9 Å². The highest BCUT2D eigenvalue weighted by Crippen LogP contribution is 2.41. The van der Waals surface area contributed by atoms with Gasteiger partial charge in [-0.25, -0.2) is 9.98 Å². The summed E-state index contributed by atoms with van der Waals surface area (Å²) in [6, 6.07) is 12.2. The molecule has 0 bridgehead atoms. The summed E-state index contributed by atoms with van der Waals surface area (Å²) < 4.78 is 5.81. The van der Waals surface area contributed by atoms with Gasteiger partial charge in [-0.05, 0) is 48.4 Å². The van der Waals surface area contributed by atoms with Gasteiger partial charge in [0.1, 0.15) is 5.75 Å². The number of piperazine rings is 1. The smallest absolute Gasteiger partial charge is 0.247 e. The van der Waals surface area contributed by atoms with Gasteiger partial charge in [-0.3, -0.25) is 4.79 Å². The largest absolute Gasteiger partial charge is 0.494 e. The van der Waals surface area contributed by atoms with Gasteiger partial charge in [0.15, 0.2) is 0 Å². The third kappa shape index (κ3) is 5.81. The van der Waals surface area contributed by atoms with E-state index in [4.69, 9.17) is 14.7 Å². The van der Waals surface area contributed by atoms with Crippen molar-refractivity contribution in [1.82, 2.24) is 4.90 Å². The van der Waals surface area contributed by atoms with Gasteiger partial charge in [-0.1, -0.05) is 18.7 Å². The summed E-state index contributed by atoms with van der Waals surface area (Å²) >= 11 is 1.74. The Morgan fingerprint density at radius 2 is 1.97 bits per heavy atom. The normalized spacial score (nSPS) is 20.6. The van der Waals surface area contributed by atoms with Gasteiger partial charge in [0, 0.05) is 52.0 Å². The van der Waals surface area contributed by atoms with E-state index in [1.165, 1.54) is 6.08 Å². The maximum Gasteiger partial charge on any atom is 0.247 e. The quantitative estimate of drug-likeness (QED) is 0.504. The van der Waals surface area contributed by atoms with Crippen LogP contribution in [0.1, 0.15) is 11.6 Å². The Morgan fingerprint density at radius 3 is 2.69 bits per heavy atom. The van der Waals surface area contributed by atoms with E-state index in [9.17, 15) is 4.79 Å². The van der Waals surface area contributed by atoms with Gasteiger partial charge in [-0.2, -0.15) is 0 Å². The molecule has 2 aromatic carbocycles. The molecule has 2 atom stereocenters. The number of hydrogen-bond acceptors (Lipinski definition) is 9. The predicted octanol–water partition coefficient (Wildman–Crippen LogP) is 4.23. The number of fused-ring (bicyclic) bond motifs is 1. The molecule has 39 heavy (non-hydrogen) atoms. The van der Waals surface area contributed by atoms with Gasteiger partial charge in [-0.15, -0.1) is 11.8 Å². The Balaban J connectivity index is 1.51. The lowest BCUT2D eigenvalue weighted by Crippen LogP contribution is -2.44. The molecule has 2 unspecified atom stereocenters. The Bertz CT molecular complexity index is 1350. The van der Waals surface area contributed by atoms with E-state index in [-0.39, 0.29) is 17.2 Å². The molecule has 1 saturated heterocycles. The monoisotopic (exact) mass is 545 g/mol. The number of carbonyl (C=O) groups is 1. The molecule has 1 amide bonds. The molecule has 5 rings (SSSR count). The average molecular weight is 546 g/mol. The molecule has 2 aromatic rings. The lowest BCUT2D eigenvalue weighted by atomic mass is 9.99. The number of nitrogens with zero attached hydrogens (tertiary/aromatic N) is 5. The van der Waals surface area contributed by atoms with Crippen molar-refractivity contribution in [3.8, 4) is 5.75 Å². The van der Waals surface area contributed by atoms with Crippen molar-refractivity contribution in [3.63, 3.8) is 0 Å². The van der Waals surface area contributed by atoms with Crippen LogP contribution in [0.4, 0.5) is 22.7 Å². The number of rotatable bonds is 7. The lowest BCUT2D eigenvalue weighted by Gasteiger charge is -2.35. The zero-order chi connectivity index (χ0) is 27.5. The molecule has 2 N–H and O–H groups in total. The van der Waals surface area contributed by atoms with Gasteiger partial charge >= 0.3 is 0 Å². The Labute approximate surface area is 234 Å². The maximum absolute atomic E-state index is 12.4. The van der Waals surface area contributed by atoms with Gasteiger partial charge < -0.3 is 30.1 Å². The van der Waals surface area contributed by atoms with Crippen LogP contribution in [0.3, 0.4) is 0 Å². The topological polar surface area (TPSA) is 84.8 Å². The summed E-state index contributed by atoms with van der Waals surface area (Å²) in [6.07, 6.45) is 3.33. The standard InChI is InChI=1S/C29H35N7O2S/c1-6-26(37)30-22-17-23(25(38-5)18-24(22)36-13-11-35(4)12-14-36)32-29-31-21-10-15-39-28(21)27(33-29)19-8-7-9-20(16-19)34(2)3/h6-10,15-18,27-28H,1,11-14H2,2-5H3,(H,30,37)(H,32,33). The van der Waals surface area contributed by atoms with Crippen molar-refractivity contribution in [2.75, 3.05) is 74.9 Å². The highest BCUT2D eigenvalue weighted by molar-refractivity contribution is 8.04. The number of allylic oxidation sites excluding steroid dienone is 1. The van der Waals surface area contributed by atoms with Crippen LogP contribution >= 0.6 is 11.8 Å². The minimum absolute atomic E-state index is 0.101. The first-order valence-corrected chi connectivity index (χ1v) is 13.9. The molecule has 0 spiro atoms. The Hall–Kier alpha value is -3.76. The second kappa shape index (κ2) is 11.5. The van der Waals surface area contributed by atoms with E-state index in [0.29, 0.717) is 23.1 Å². The molecule has 10 heteroatoms. The summed E-state index contributed by atoms with van der Waals surface area (Å²) in [6.45, 7) is 7.20. The fourth-order valence-electron chi connectivity index (χ4n) is 4.89. The number of anilines is 4. The lowest BCUT2D eigenvalue weighted by molar-refractivity contribution is -0.111. The van der Waals surface area contributed by atoms with Crippen molar-refractivity contribution in [1.29, 1.82) is 0 Å². The van der Waals surface area contributed by atoms with Crippen LogP contribution in [0.2, 0.25) is 0 Å². The van der Waals surface area contributed by atoms with Crippen molar-refractivity contribution in [2.24, 2.45) is 9.98 Å². The van der Waals surface area contributed by atoms with Crippen LogP contribution in [0, 0.1) is 0 Å². The van der Waals surface area contributed by atoms with Crippen molar-refractivity contribution in [2.45, 2.75) is 11.3 Å². The Morgan fingerprint density at radius 1 is 1.18 bits per heavy atom. The number of likely N-dealkylation sites (N-methyl/N-ethyl adjacent to an activating group) is 1. The zero-order valence-corrected chi connectivity index (χ0v) is 23.7. The molecule has 0 aliphatic carbocycles. The van der Waals surface area contributed by atoms with Crippen LogP contribution in [-0.2, 0) is 4.79 Å². The summed E-state index contributed by atoms with van der Waals surface area (Å²) in [5, 5.41) is 8.59. The number of carbonyl (C=O) groups excluding carboxylic acids is 1. The molecule has 0 aromatic heterocycles. The predicted molar refractivity (Wildman–Crippen MR) is 164 cm³/mol. The molecule has 9 nitrogen and oxygen atoms in total. The number of hydrogen-bond donors (Lipinski definition) is 2. The van der Waals surface area contributed by atoms with Crippen LogP contribution in [0.5, 0.6) is 5.75 Å². The van der Waals surface area contributed by atoms with E-state index < -0.39 is 0 Å². The van der Waals surface area contributed by atoms with Crippen LogP contribution < -0.4 is 25.2 Å². The van der Waals surface area contributed by atoms with Crippen molar-refractivity contribution < 1.29 is 9.53 Å². The Kier molecular flexibility index (Phi) is 7.94. The number of ether oxygens (including phenoxy) is 1. The van der Waals surface area contributed by atoms with Gasteiger partial charge in [0.05, 0.1) is 41.2 Å². The number of aliphatic imine (C=N–C) groups is 2. The second-order valence-corrected chi connectivity index (χ2v) is 11.0. The fourth-order valence-corrected chi connectivity index (χ4v) is 5.92. The number of methoxy groups -OCH3 is 1. The summed E-state index contributed by atoms with van der Waals surface area (Å²) in [5.74, 6) is 0.877. The zero-order valence-electron chi connectivity index (χ0n) is 22.8. The number of amides is 1. The number of guanidine groups is 1. The average Bonchev–Trinajstić information content (AvgIpc) is 3.42. The summed E-state index contributed by atoms with van der Waals surface area (Å²) in [5.41, 5.74) is 5.50. The minimum atomic E-state index is -0.270. The number of thioether (sulfide) groups is 1. The molecular weight excluding hydrogens is 510 g/mol. The maximum atomic E-state index is 12.4. The molecule has 3 aliphatic heterocycles. The molecule has 204 valence electrons. The minimum Gasteiger partial charge on any atom is -0.494 e. The number of nitrogens with one attached hydrogen (secondary N) is 2. The molecule has 3 aliphatic rings. The summed E-state index contributed by atoms with van der Waals surface area (Å²) in [7, 11) is 7.84. The van der Waals surface area contributed by atoms with Crippen molar-refractivity contribution >= 4 is 52.1 Å². The highest BCUT2D eigenvalue weighted by atomic mass is 32.2. The van der Waals surface area contributed by atoms with E-state index in [1.807, 2.05) is 26.2 Å². The SMILES string of the molecule is C=CC(=O)Nc1cc(NC2=NC(c3cccc(N(C)C)c3)C3SC=CC3=N2)c(OC)cc1N1CCN(C)CC1. The number of benzene rings is 2. The van der Waals surface area contributed by atoms with E-state index in [2.05, 4.69) is 74.7 Å². The van der Waals surface area contributed by atoms with Crippen molar-refractivity contribution in [3.05, 3.63) is 66.1 Å². The second-order valence-electron chi connectivity index (χ2n) is 9.96. The molecule has 3 heterocycles. The molecular formula is C29H35N7O2S. The fraction of sp³-hybridized carbons (Fsp3) is 0.345. The van der Waals surface area contributed by atoms with E-state index in [0.717, 1.165) is 48.8 Å². The summed E-state index contributed by atoms with van der Waals surface area (Å²) in [4.78, 5) is 28.9. The van der Waals surface area contributed by atoms with E-state index in [1.54, 1.807) is 18.9 Å². The van der Waals surface area contributed by atoms with Crippen LogP contribution in [0.15, 0.2) is 70.5 Å². The highest BCUT2D eigenvalue weighted by Gasteiger charge is 2.34. The van der Waals surface area contributed by atoms with Gasteiger partial charge in [0.25, 0.3) is 0 Å². The molecule has 1 fully saturated rings.